The molecule has 17 heavy (non-hydrogen) atoms. The fourth-order valence-corrected chi connectivity index (χ4v) is 1.56. The van der Waals surface area contributed by atoms with Crippen molar-refractivity contribution in [2.75, 3.05) is 7.11 Å². The molecule has 0 N–H and O–H groups in total. The third kappa shape index (κ3) is 2.22. The van der Waals surface area contributed by atoms with Crippen LogP contribution in [0, 0.1) is 18.6 Å². The van der Waals surface area contributed by atoms with E-state index in [4.69, 9.17) is 4.74 Å². The molecule has 0 saturated carbocycles. The van der Waals surface area contributed by atoms with Gasteiger partial charge in [0.05, 0.1) is 12.8 Å². The first-order valence-electron chi connectivity index (χ1n) is 4.95. The molecule has 0 saturated heterocycles. The zero-order valence-corrected chi connectivity index (χ0v) is 9.37. The van der Waals surface area contributed by atoms with Crippen molar-refractivity contribution in [3.63, 3.8) is 0 Å². The van der Waals surface area contributed by atoms with Gasteiger partial charge >= 0.3 is 0 Å². The number of benzene rings is 1. The third-order valence-electron chi connectivity index (χ3n) is 2.26. The molecule has 1 aromatic carbocycles. The summed E-state index contributed by atoms with van der Waals surface area (Å²) in [5.74, 6) is -0.924. The van der Waals surface area contributed by atoms with Crippen LogP contribution in [-0.4, -0.2) is 17.1 Å². The van der Waals surface area contributed by atoms with Crippen LogP contribution in [0.1, 0.15) is 5.82 Å². The van der Waals surface area contributed by atoms with Crippen molar-refractivity contribution in [2.24, 2.45) is 0 Å². The molecule has 0 amide bonds. The first-order chi connectivity index (χ1) is 8.11. The summed E-state index contributed by atoms with van der Waals surface area (Å²) in [5, 5.41) is 0. The van der Waals surface area contributed by atoms with Crippen molar-refractivity contribution in [3.8, 4) is 17.0 Å². The van der Waals surface area contributed by atoms with Crippen LogP contribution >= 0.6 is 0 Å². The Hall–Kier alpha value is -2.04. The molecule has 0 aliphatic heterocycles. The molecule has 0 bridgehead atoms. The minimum Gasteiger partial charge on any atom is -0.493 e. The van der Waals surface area contributed by atoms with Crippen molar-refractivity contribution in [2.45, 2.75) is 6.92 Å². The van der Waals surface area contributed by atoms with E-state index in [1.807, 2.05) is 0 Å². The molecule has 0 fully saturated rings. The molecular weight excluding hydrogens is 226 g/mol. The molecule has 0 radical (unpaired) electrons. The Morgan fingerprint density at radius 3 is 2.65 bits per heavy atom. The monoisotopic (exact) mass is 236 g/mol. The van der Waals surface area contributed by atoms with Gasteiger partial charge in [0, 0.05) is 17.8 Å². The maximum absolute atomic E-state index is 13.5. The van der Waals surface area contributed by atoms with Crippen LogP contribution in [0.15, 0.2) is 24.4 Å². The van der Waals surface area contributed by atoms with Crippen LogP contribution in [-0.2, 0) is 0 Å². The van der Waals surface area contributed by atoms with Gasteiger partial charge in [0.2, 0.25) is 0 Å². The van der Waals surface area contributed by atoms with Gasteiger partial charge in [0.25, 0.3) is 0 Å². The predicted octanol–water partition coefficient (Wildman–Crippen LogP) is 2.74. The van der Waals surface area contributed by atoms with Crippen molar-refractivity contribution >= 4 is 0 Å². The molecule has 5 heteroatoms. The highest BCUT2D eigenvalue weighted by Crippen LogP contribution is 2.31. The second-order valence-electron chi connectivity index (χ2n) is 3.46. The largest absolute Gasteiger partial charge is 0.493 e. The zero-order chi connectivity index (χ0) is 12.4. The number of aryl methyl sites for hydroxylation is 1. The summed E-state index contributed by atoms with van der Waals surface area (Å²) in [5.41, 5.74) is 0.697. The quantitative estimate of drug-likeness (QED) is 0.804. The fraction of sp³-hybridized carbons (Fsp3) is 0.167. The number of rotatable bonds is 2. The second-order valence-corrected chi connectivity index (χ2v) is 3.46. The highest BCUT2D eigenvalue weighted by molar-refractivity contribution is 5.67. The molecular formula is C12H10F2N2O. The number of methoxy groups -OCH3 is 1. The Morgan fingerprint density at radius 1 is 1.24 bits per heavy atom. The van der Waals surface area contributed by atoms with Crippen LogP contribution in [0.3, 0.4) is 0 Å². The SMILES string of the molecule is COc1c(F)cc(F)cc1-c1ccnc(C)n1. The first kappa shape index (κ1) is 11.4. The zero-order valence-electron chi connectivity index (χ0n) is 9.37. The normalized spacial score (nSPS) is 10.4. The summed E-state index contributed by atoms with van der Waals surface area (Å²) in [4.78, 5) is 8.04. The summed E-state index contributed by atoms with van der Waals surface area (Å²) in [6, 6.07) is 3.53. The standard InChI is InChI=1S/C12H10F2N2O/c1-7-15-4-3-11(16-7)9-5-8(13)6-10(14)12(9)17-2/h3-6H,1-2H3. The number of ether oxygens (including phenoxy) is 1. The molecule has 0 spiro atoms. The fourth-order valence-electron chi connectivity index (χ4n) is 1.56. The lowest BCUT2D eigenvalue weighted by Crippen LogP contribution is -1.97. The lowest BCUT2D eigenvalue weighted by Gasteiger charge is -2.09. The highest BCUT2D eigenvalue weighted by atomic mass is 19.1. The lowest BCUT2D eigenvalue weighted by molar-refractivity contribution is 0.385. The van der Waals surface area contributed by atoms with Gasteiger partial charge in [-0.25, -0.2) is 18.7 Å². The van der Waals surface area contributed by atoms with Crippen LogP contribution in [0.5, 0.6) is 5.75 Å². The molecule has 3 nitrogen and oxygen atoms in total. The van der Waals surface area contributed by atoms with E-state index < -0.39 is 11.6 Å². The number of hydrogen-bond donors (Lipinski definition) is 0. The predicted molar refractivity (Wildman–Crippen MR) is 58.7 cm³/mol. The maximum atomic E-state index is 13.5. The number of hydrogen-bond acceptors (Lipinski definition) is 3. The van der Waals surface area contributed by atoms with E-state index in [0.717, 1.165) is 6.07 Å². The topological polar surface area (TPSA) is 35.0 Å². The molecule has 88 valence electrons. The van der Waals surface area contributed by atoms with E-state index in [1.54, 1.807) is 13.0 Å². The van der Waals surface area contributed by atoms with E-state index in [1.165, 1.54) is 19.4 Å². The summed E-state index contributed by atoms with van der Waals surface area (Å²) < 4.78 is 31.6. The Balaban J connectivity index is 2.65. The van der Waals surface area contributed by atoms with Gasteiger partial charge in [0.15, 0.2) is 11.6 Å². The molecule has 0 atom stereocenters. The Kier molecular flexibility index (Phi) is 2.99. The third-order valence-corrected chi connectivity index (χ3v) is 2.26. The highest BCUT2D eigenvalue weighted by Gasteiger charge is 2.14. The first-order valence-corrected chi connectivity index (χ1v) is 4.95. The maximum Gasteiger partial charge on any atom is 0.168 e. The number of aromatic nitrogens is 2. The minimum absolute atomic E-state index is 0.0236. The summed E-state index contributed by atoms with van der Waals surface area (Å²) >= 11 is 0. The lowest BCUT2D eigenvalue weighted by atomic mass is 10.1. The van der Waals surface area contributed by atoms with Crippen LogP contribution in [0.2, 0.25) is 0 Å². The van der Waals surface area contributed by atoms with Crippen molar-refractivity contribution < 1.29 is 13.5 Å². The average Bonchev–Trinajstić information content (AvgIpc) is 2.28. The van der Waals surface area contributed by atoms with Gasteiger partial charge in [-0.1, -0.05) is 0 Å². The Morgan fingerprint density at radius 2 is 2.00 bits per heavy atom. The van der Waals surface area contributed by atoms with E-state index in [2.05, 4.69) is 9.97 Å². The molecule has 0 aliphatic rings. The van der Waals surface area contributed by atoms with Crippen LogP contribution in [0.25, 0.3) is 11.3 Å². The molecule has 0 aliphatic carbocycles. The average molecular weight is 236 g/mol. The number of nitrogens with zero attached hydrogens (tertiary/aromatic N) is 2. The Bertz CT molecular complexity index is 558. The van der Waals surface area contributed by atoms with E-state index >= 15 is 0 Å². The van der Waals surface area contributed by atoms with Gasteiger partial charge in [-0.15, -0.1) is 0 Å². The number of halogens is 2. The van der Waals surface area contributed by atoms with Crippen molar-refractivity contribution in [3.05, 3.63) is 41.9 Å². The minimum atomic E-state index is -0.751. The van der Waals surface area contributed by atoms with E-state index in [-0.39, 0.29) is 11.3 Å². The summed E-state index contributed by atoms with van der Waals surface area (Å²) in [7, 11) is 1.33. The van der Waals surface area contributed by atoms with Gasteiger partial charge in [0.1, 0.15) is 11.6 Å². The van der Waals surface area contributed by atoms with Crippen molar-refractivity contribution in [1.82, 2.24) is 9.97 Å². The van der Waals surface area contributed by atoms with E-state index in [9.17, 15) is 8.78 Å². The second kappa shape index (κ2) is 4.45. The van der Waals surface area contributed by atoms with Crippen LogP contribution < -0.4 is 4.74 Å². The van der Waals surface area contributed by atoms with Gasteiger partial charge in [-0.3, -0.25) is 0 Å². The smallest absolute Gasteiger partial charge is 0.168 e. The van der Waals surface area contributed by atoms with Gasteiger partial charge in [-0.05, 0) is 19.1 Å². The molecule has 0 unspecified atom stereocenters. The van der Waals surface area contributed by atoms with Crippen molar-refractivity contribution in [1.29, 1.82) is 0 Å². The summed E-state index contributed by atoms with van der Waals surface area (Å²) in [6.45, 7) is 1.70. The summed E-state index contributed by atoms with van der Waals surface area (Å²) in [6.07, 6.45) is 1.53. The van der Waals surface area contributed by atoms with Crippen LogP contribution in [0.4, 0.5) is 8.78 Å². The Labute approximate surface area is 97.1 Å². The molecule has 2 aromatic rings. The van der Waals surface area contributed by atoms with Gasteiger partial charge < -0.3 is 4.74 Å². The molecule has 2 rings (SSSR count). The molecule has 1 aromatic heterocycles. The van der Waals surface area contributed by atoms with E-state index in [0.29, 0.717) is 11.5 Å². The van der Waals surface area contributed by atoms with Gasteiger partial charge in [-0.2, -0.15) is 0 Å². The molecule has 1 heterocycles.